The molecule has 0 fully saturated rings. The summed E-state index contributed by atoms with van der Waals surface area (Å²) in [5, 5.41) is 3.57. The number of hydrogen-bond acceptors (Lipinski definition) is 2. The van der Waals surface area contributed by atoms with E-state index in [1.165, 1.54) is 24.8 Å². The fourth-order valence-corrected chi connectivity index (χ4v) is 2.19. The second-order valence-electron chi connectivity index (χ2n) is 5.43. The van der Waals surface area contributed by atoms with Crippen LogP contribution in [0.2, 0.25) is 0 Å². The van der Waals surface area contributed by atoms with Gasteiger partial charge in [-0.2, -0.15) is 0 Å². The van der Waals surface area contributed by atoms with Crippen LogP contribution in [-0.2, 0) is 0 Å². The highest BCUT2D eigenvalue weighted by atomic mass is 16.3. The highest BCUT2D eigenvalue weighted by Crippen LogP contribution is 2.21. The minimum Gasteiger partial charge on any atom is -0.466 e. The summed E-state index contributed by atoms with van der Waals surface area (Å²) in [5.41, 5.74) is 1.30. The minimum atomic E-state index is 0.395. The molecule has 1 atom stereocenters. The van der Waals surface area contributed by atoms with E-state index in [1.807, 2.05) is 13.8 Å². The molecule has 1 N–H and O–H groups in total. The molecule has 2 nitrogen and oxygen atoms in total. The Bertz CT molecular complexity index is 328. The highest BCUT2D eigenvalue weighted by Gasteiger charge is 2.11. The van der Waals surface area contributed by atoms with Crippen molar-refractivity contribution >= 4 is 0 Å². The predicted molar refractivity (Wildman–Crippen MR) is 73.3 cm³/mol. The third-order valence-electron chi connectivity index (χ3n) is 3.20. The Kier molecular flexibility index (Phi) is 5.76. The van der Waals surface area contributed by atoms with Gasteiger partial charge in [0.1, 0.15) is 11.5 Å². The fourth-order valence-electron chi connectivity index (χ4n) is 2.19. The van der Waals surface area contributed by atoms with Crippen molar-refractivity contribution in [3.63, 3.8) is 0 Å². The van der Waals surface area contributed by atoms with Crippen molar-refractivity contribution in [2.45, 2.75) is 59.9 Å². The molecule has 0 spiro atoms. The zero-order valence-electron chi connectivity index (χ0n) is 12.0. The Morgan fingerprint density at radius 1 is 1.18 bits per heavy atom. The van der Waals surface area contributed by atoms with Crippen molar-refractivity contribution in [1.29, 1.82) is 0 Å². The molecule has 0 radical (unpaired) electrons. The maximum atomic E-state index is 5.55. The summed E-state index contributed by atoms with van der Waals surface area (Å²) >= 11 is 0. The largest absolute Gasteiger partial charge is 0.466 e. The first-order chi connectivity index (χ1) is 8.00. The summed E-state index contributed by atoms with van der Waals surface area (Å²) in [4.78, 5) is 0. The number of hydrogen-bond donors (Lipinski definition) is 1. The van der Waals surface area contributed by atoms with Gasteiger partial charge in [-0.3, -0.25) is 0 Å². The molecule has 0 aliphatic carbocycles. The van der Waals surface area contributed by atoms with Crippen LogP contribution in [0, 0.1) is 19.8 Å². The summed E-state index contributed by atoms with van der Waals surface area (Å²) in [6.07, 6.45) is 3.92. The fraction of sp³-hybridized carbons (Fsp3) is 0.733. The van der Waals surface area contributed by atoms with Crippen molar-refractivity contribution in [2.24, 2.45) is 5.92 Å². The molecule has 1 heterocycles. The molecule has 1 rings (SSSR count). The molecule has 0 saturated heterocycles. The van der Waals surface area contributed by atoms with Gasteiger partial charge in [0, 0.05) is 11.6 Å². The van der Waals surface area contributed by atoms with E-state index < -0.39 is 0 Å². The molecule has 0 aliphatic heterocycles. The quantitative estimate of drug-likeness (QED) is 0.712. The third-order valence-corrected chi connectivity index (χ3v) is 3.20. The summed E-state index contributed by atoms with van der Waals surface area (Å²) in [7, 11) is 0. The molecule has 0 aromatic carbocycles. The van der Waals surface area contributed by atoms with Gasteiger partial charge in [-0.1, -0.05) is 26.7 Å². The Labute approximate surface area is 106 Å². The second kappa shape index (κ2) is 6.85. The van der Waals surface area contributed by atoms with E-state index in [2.05, 4.69) is 32.2 Å². The Morgan fingerprint density at radius 2 is 1.88 bits per heavy atom. The average Bonchev–Trinajstić information content (AvgIpc) is 2.56. The lowest BCUT2D eigenvalue weighted by molar-refractivity contribution is 0.479. The van der Waals surface area contributed by atoms with Crippen molar-refractivity contribution in [3.8, 4) is 0 Å². The van der Waals surface area contributed by atoms with E-state index >= 15 is 0 Å². The SMILES string of the molecule is Cc1cc(C(C)NCCCCC(C)C)c(C)o1. The zero-order valence-corrected chi connectivity index (χ0v) is 12.0. The van der Waals surface area contributed by atoms with Crippen molar-refractivity contribution < 1.29 is 4.42 Å². The molecule has 1 aromatic rings. The number of nitrogens with one attached hydrogen (secondary N) is 1. The molecular weight excluding hydrogens is 210 g/mol. The summed E-state index contributed by atoms with van der Waals surface area (Å²) in [5.74, 6) is 2.88. The standard InChI is InChI=1S/C15H27NO/c1-11(2)8-6-7-9-16-13(4)15-10-12(3)17-14(15)5/h10-11,13,16H,6-9H2,1-5H3. The lowest BCUT2D eigenvalue weighted by atomic mass is 10.1. The zero-order chi connectivity index (χ0) is 12.8. The number of unbranched alkanes of at least 4 members (excludes halogenated alkanes) is 1. The van der Waals surface area contributed by atoms with Gasteiger partial charge in [0.15, 0.2) is 0 Å². The van der Waals surface area contributed by atoms with Crippen molar-refractivity contribution in [3.05, 3.63) is 23.2 Å². The molecule has 0 bridgehead atoms. The van der Waals surface area contributed by atoms with Crippen LogP contribution < -0.4 is 5.32 Å². The first kappa shape index (κ1) is 14.3. The molecule has 0 saturated carbocycles. The first-order valence-corrected chi connectivity index (χ1v) is 6.81. The van der Waals surface area contributed by atoms with Crippen LogP contribution in [0.5, 0.6) is 0 Å². The summed E-state index contributed by atoms with van der Waals surface area (Å²) < 4.78 is 5.55. The monoisotopic (exact) mass is 237 g/mol. The average molecular weight is 237 g/mol. The lowest BCUT2D eigenvalue weighted by Crippen LogP contribution is -2.20. The third kappa shape index (κ3) is 4.95. The smallest absolute Gasteiger partial charge is 0.105 e. The topological polar surface area (TPSA) is 25.2 Å². The molecule has 2 heteroatoms. The Balaban J connectivity index is 2.25. The van der Waals surface area contributed by atoms with Gasteiger partial charge in [0.05, 0.1) is 0 Å². The van der Waals surface area contributed by atoms with Gasteiger partial charge in [-0.05, 0) is 45.7 Å². The van der Waals surface area contributed by atoms with E-state index in [4.69, 9.17) is 4.42 Å². The van der Waals surface area contributed by atoms with Crippen LogP contribution in [0.25, 0.3) is 0 Å². The van der Waals surface area contributed by atoms with Crippen LogP contribution in [0.1, 0.15) is 63.2 Å². The normalized spacial score (nSPS) is 13.3. The van der Waals surface area contributed by atoms with Gasteiger partial charge in [0.2, 0.25) is 0 Å². The molecule has 17 heavy (non-hydrogen) atoms. The number of aryl methyl sites for hydroxylation is 2. The molecule has 0 amide bonds. The van der Waals surface area contributed by atoms with E-state index in [-0.39, 0.29) is 0 Å². The van der Waals surface area contributed by atoms with Gasteiger partial charge < -0.3 is 9.73 Å². The van der Waals surface area contributed by atoms with Crippen molar-refractivity contribution in [2.75, 3.05) is 6.54 Å². The predicted octanol–water partition coefficient (Wildman–Crippen LogP) is 4.37. The van der Waals surface area contributed by atoms with Crippen molar-refractivity contribution in [1.82, 2.24) is 5.32 Å². The van der Waals surface area contributed by atoms with E-state index in [0.717, 1.165) is 24.0 Å². The molecular formula is C15H27NO. The van der Waals surface area contributed by atoms with Crippen LogP contribution >= 0.6 is 0 Å². The van der Waals surface area contributed by atoms with Crippen LogP contribution in [0.15, 0.2) is 10.5 Å². The first-order valence-electron chi connectivity index (χ1n) is 6.81. The van der Waals surface area contributed by atoms with E-state index in [1.54, 1.807) is 0 Å². The number of furan rings is 1. The maximum absolute atomic E-state index is 5.55. The van der Waals surface area contributed by atoms with Gasteiger partial charge in [-0.15, -0.1) is 0 Å². The van der Waals surface area contributed by atoms with E-state index in [9.17, 15) is 0 Å². The van der Waals surface area contributed by atoms with Crippen LogP contribution in [-0.4, -0.2) is 6.54 Å². The summed E-state index contributed by atoms with van der Waals surface area (Å²) in [6, 6.07) is 2.53. The van der Waals surface area contributed by atoms with E-state index in [0.29, 0.717) is 6.04 Å². The number of rotatable bonds is 7. The van der Waals surface area contributed by atoms with Gasteiger partial charge >= 0.3 is 0 Å². The second-order valence-corrected chi connectivity index (χ2v) is 5.43. The van der Waals surface area contributed by atoms with Crippen LogP contribution in [0.4, 0.5) is 0 Å². The Morgan fingerprint density at radius 3 is 2.41 bits per heavy atom. The van der Waals surface area contributed by atoms with Gasteiger partial charge in [-0.25, -0.2) is 0 Å². The molecule has 1 aromatic heterocycles. The maximum Gasteiger partial charge on any atom is 0.105 e. The lowest BCUT2D eigenvalue weighted by Gasteiger charge is -2.13. The minimum absolute atomic E-state index is 0.395. The molecule has 98 valence electrons. The highest BCUT2D eigenvalue weighted by molar-refractivity contribution is 5.23. The Hall–Kier alpha value is -0.760. The summed E-state index contributed by atoms with van der Waals surface area (Å²) in [6.45, 7) is 11.9. The van der Waals surface area contributed by atoms with Crippen LogP contribution in [0.3, 0.4) is 0 Å². The molecule has 1 unspecified atom stereocenters. The van der Waals surface area contributed by atoms with Gasteiger partial charge in [0.25, 0.3) is 0 Å². The molecule has 0 aliphatic rings.